The molecule has 0 radical (unpaired) electrons. The van der Waals surface area contributed by atoms with Crippen LogP contribution in [0.3, 0.4) is 0 Å². The Morgan fingerprint density at radius 2 is 1.69 bits per heavy atom. The fourth-order valence-corrected chi connectivity index (χ4v) is 2.64. The largest absolute Gasteiger partial charge is 0.484 e. The van der Waals surface area contributed by atoms with Gasteiger partial charge in [0.1, 0.15) is 11.5 Å². The van der Waals surface area contributed by atoms with Crippen LogP contribution < -0.4 is 25.6 Å². The summed E-state index contributed by atoms with van der Waals surface area (Å²) in [5.74, 6) is 0.205. The van der Waals surface area contributed by atoms with Crippen molar-refractivity contribution >= 4 is 40.7 Å². The zero-order valence-corrected chi connectivity index (χ0v) is 17.7. The molecule has 0 aliphatic heterocycles. The number of halogens is 1. The molecule has 0 atom stereocenters. The smallest absolute Gasteiger partial charge is 0.276 e. The number of carbonyl (C=O) groups is 2. The Balaban J connectivity index is 1.66. The standard InChI is InChI=1S/C20H22ClN3O4S/c1-3-14-4-7-16(8-5-14)27-12-19(26)23-24-20(29)22-18(25)11-28-17-9-6-15(21)10-13(17)2/h4-10H,3,11-12H2,1-2H3,(H,23,26)(H2,22,24,25,29). The molecule has 0 aliphatic carbocycles. The molecule has 9 heteroatoms. The minimum atomic E-state index is -0.474. The van der Waals surface area contributed by atoms with E-state index in [0.717, 1.165) is 12.0 Å². The Kier molecular flexibility index (Phi) is 8.69. The summed E-state index contributed by atoms with van der Waals surface area (Å²) in [6.45, 7) is 3.44. The molecule has 0 aromatic heterocycles. The first-order valence-electron chi connectivity index (χ1n) is 8.86. The van der Waals surface area contributed by atoms with Gasteiger partial charge in [-0.05, 0) is 67.0 Å². The summed E-state index contributed by atoms with van der Waals surface area (Å²) in [5.41, 5.74) is 6.76. The quantitative estimate of drug-likeness (QED) is 0.457. The first-order chi connectivity index (χ1) is 13.9. The molecule has 0 saturated heterocycles. The van der Waals surface area contributed by atoms with Crippen molar-refractivity contribution in [2.75, 3.05) is 13.2 Å². The van der Waals surface area contributed by atoms with Crippen LogP contribution in [0, 0.1) is 6.92 Å². The van der Waals surface area contributed by atoms with Crippen LogP contribution in [0.1, 0.15) is 18.1 Å². The van der Waals surface area contributed by atoms with Gasteiger partial charge in [0.05, 0.1) is 0 Å². The van der Waals surface area contributed by atoms with Crippen LogP contribution in [0.15, 0.2) is 42.5 Å². The van der Waals surface area contributed by atoms with Gasteiger partial charge in [0, 0.05) is 5.02 Å². The molecular weight excluding hydrogens is 414 g/mol. The third kappa shape index (κ3) is 7.97. The second-order valence-corrected chi connectivity index (χ2v) is 6.88. The number of carbonyl (C=O) groups excluding carboxylic acids is 2. The Hall–Kier alpha value is -2.84. The molecule has 0 bridgehead atoms. The summed E-state index contributed by atoms with van der Waals surface area (Å²) in [7, 11) is 0. The Morgan fingerprint density at radius 1 is 1.00 bits per heavy atom. The summed E-state index contributed by atoms with van der Waals surface area (Å²) < 4.78 is 10.8. The van der Waals surface area contributed by atoms with Crippen LogP contribution in [0.2, 0.25) is 5.02 Å². The molecule has 7 nitrogen and oxygen atoms in total. The third-order valence-electron chi connectivity index (χ3n) is 3.77. The van der Waals surface area contributed by atoms with Gasteiger partial charge in [-0.3, -0.25) is 25.8 Å². The normalized spacial score (nSPS) is 10.0. The Labute approximate surface area is 179 Å². The predicted molar refractivity (Wildman–Crippen MR) is 115 cm³/mol. The lowest BCUT2D eigenvalue weighted by Gasteiger charge is -2.12. The van der Waals surface area contributed by atoms with Gasteiger partial charge >= 0.3 is 0 Å². The van der Waals surface area contributed by atoms with E-state index in [0.29, 0.717) is 16.5 Å². The summed E-state index contributed by atoms with van der Waals surface area (Å²) in [6.07, 6.45) is 0.929. The van der Waals surface area contributed by atoms with E-state index in [2.05, 4.69) is 23.1 Å². The topological polar surface area (TPSA) is 88.7 Å². The van der Waals surface area contributed by atoms with Crippen molar-refractivity contribution in [2.24, 2.45) is 0 Å². The zero-order valence-electron chi connectivity index (χ0n) is 16.1. The molecule has 29 heavy (non-hydrogen) atoms. The van der Waals surface area contributed by atoms with Gasteiger partial charge < -0.3 is 9.47 Å². The molecule has 2 aromatic carbocycles. The molecular formula is C20H22ClN3O4S. The number of rotatable bonds is 7. The fraction of sp³-hybridized carbons (Fsp3) is 0.250. The average molecular weight is 436 g/mol. The lowest BCUT2D eigenvalue weighted by Crippen LogP contribution is -2.50. The van der Waals surface area contributed by atoms with E-state index >= 15 is 0 Å². The molecule has 2 rings (SSSR count). The van der Waals surface area contributed by atoms with E-state index in [4.69, 9.17) is 33.3 Å². The number of amides is 2. The van der Waals surface area contributed by atoms with Crippen LogP contribution >= 0.6 is 23.8 Å². The van der Waals surface area contributed by atoms with Crippen LogP contribution in [-0.4, -0.2) is 30.1 Å². The highest BCUT2D eigenvalue weighted by Gasteiger charge is 2.09. The maximum absolute atomic E-state index is 11.9. The Bertz CT molecular complexity index is 875. The second-order valence-electron chi connectivity index (χ2n) is 6.04. The molecule has 0 aliphatic rings. The van der Waals surface area contributed by atoms with Gasteiger partial charge in [-0.15, -0.1) is 0 Å². The van der Waals surface area contributed by atoms with E-state index in [-0.39, 0.29) is 18.3 Å². The summed E-state index contributed by atoms with van der Waals surface area (Å²) >= 11 is 10.8. The minimum Gasteiger partial charge on any atom is -0.484 e. The van der Waals surface area contributed by atoms with E-state index in [1.165, 1.54) is 5.56 Å². The molecule has 0 saturated carbocycles. The first-order valence-corrected chi connectivity index (χ1v) is 9.65. The summed E-state index contributed by atoms with van der Waals surface area (Å²) in [6, 6.07) is 12.5. The van der Waals surface area contributed by atoms with Crippen molar-refractivity contribution in [1.29, 1.82) is 0 Å². The van der Waals surface area contributed by atoms with Crippen LogP contribution in [0.4, 0.5) is 0 Å². The lowest BCUT2D eigenvalue weighted by molar-refractivity contribution is -0.124. The minimum absolute atomic E-state index is 0.0629. The molecule has 0 heterocycles. The van der Waals surface area contributed by atoms with Crippen molar-refractivity contribution in [3.63, 3.8) is 0 Å². The van der Waals surface area contributed by atoms with E-state index in [9.17, 15) is 9.59 Å². The highest BCUT2D eigenvalue weighted by molar-refractivity contribution is 7.80. The number of aryl methyl sites for hydroxylation is 2. The van der Waals surface area contributed by atoms with E-state index in [1.807, 2.05) is 19.1 Å². The third-order valence-corrected chi connectivity index (χ3v) is 4.20. The molecule has 2 amide bonds. The lowest BCUT2D eigenvalue weighted by atomic mass is 10.2. The van der Waals surface area contributed by atoms with Crippen LogP contribution in [0.5, 0.6) is 11.5 Å². The molecule has 2 aromatic rings. The fourth-order valence-electron chi connectivity index (χ4n) is 2.24. The monoisotopic (exact) mass is 435 g/mol. The highest BCUT2D eigenvalue weighted by atomic mass is 35.5. The van der Waals surface area contributed by atoms with Gasteiger partial charge in [0.25, 0.3) is 11.8 Å². The molecule has 154 valence electrons. The van der Waals surface area contributed by atoms with Crippen molar-refractivity contribution in [3.05, 3.63) is 58.6 Å². The van der Waals surface area contributed by atoms with Crippen LogP contribution in [-0.2, 0) is 16.0 Å². The molecule has 0 fully saturated rings. The number of hydrogen-bond donors (Lipinski definition) is 3. The van der Waals surface area contributed by atoms with Crippen molar-refractivity contribution in [2.45, 2.75) is 20.3 Å². The number of thiocarbonyl (C=S) groups is 1. The van der Waals surface area contributed by atoms with Crippen molar-refractivity contribution < 1.29 is 19.1 Å². The summed E-state index contributed by atoms with van der Waals surface area (Å²) in [4.78, 5) is 23.7. The molecule has 3 N–H and O–H groups in total. The van der Waals surface area contributed by atoms with Gasteiger partial charge in [0.2, 0.25) is 0 Å². The van der Waals surface area contributed by atoms with E-state index in [1.54, 1.807) is 30.3 Å². The van der Waals surface area contributed by atoms with Gasteiger partial charge in [-0.2, -0.15) is 0 Å². The van der Waals surface area contributed by atoms with Crippen molar-refractivity contribution in [3.8, 4) is 11.5 Å². The Morgan fingerprint density at radius 3 is 2.34 bits per heavy atom. The number of benzene rings is 2. The van der Waals surface area contributed by atoms with E-state index < -0.39 is 11.8 Å². The zero-order chi connectivity index (χ0) is 21.2. The molecule has 0 spiro atoms. The highest BCUT2D eigenvalue weighted by Crippen LogP contribution is 2.21. The number of hydrogen-bond acceptors (Lipinski definition) is 5. The predicted octanol–water partition coefficient (Wildman–Crippen LogP) is 2.69. The van der Waals surface area contributed by atoms with Crippen molar-refractivity contribution in [1.82, 2.24) is 16.2 Å². The van der Waals surface area contributed by atoms with Gasteiger partial charge in [-0.1, -0.05) is 30.7 Å². The number of ether oxygens (including phenoxy) is 2. The maximum Gasteiger partial charge on any atom is 0.276 e. The SMILES string of the molecule is CCc1ccc(OCC(=O)NNC(=S)NC(=O)COc2ccc(Cl)cc2C)cc1. The number of hydrazine groups is 1. The average Bonchev–Trinajstić information content (AvgIpc) is 2.70. The van der Waals surface area contributed by atoms with Crippen LogP contribution in [0.25, 0.3) is 0 Å². The van der Waals surface area contributed by atoms with Gasteiger partial charge in [-0.25, -0.2) is 0 Å². The molecule has 0 unspecified atom stereocenters. The summed E-state index contributed by atoms with van der Waals surface area (Å²) in [5, 5.41) is 2.92. The first kappa shape index (κ1) is 22.4. The maximum atomic E-state index is 11.9. The van der Waals surface area contributed by atoms with Gasteiger partial charge in [0.15, 0.2) is 18.3 Å². The number of nitrogens with one attached hydrogen (secondary N) is 3. The second kappa shape index (κ2) is 11.2.